The number of carbonyl (C=O) groups excluding carboxylic acids is 2. The third-order valence-corrected chi connectivity index (χ3v) is 5.23. The van der Waals surface area contributed by atoms with E-state index in [2.05, 4.69) is 5.10 Å². The first kappa shape index (κ1) is 17.7. The van der Waals surface area contributed by atoms with Crippen molar-refractivity contribution < 1.29 is 14.0 Å². The molecule has 1 aromatic heterocycles. The number of fused-ring (bicyclic) bond motifs is 1. The van der Waals surface area contributed by atoms with E-state index < -0.39 is 0 Å². The number of piperidine rings is 1. The largest absolute Gasteiger partial charge is 0.337 e. The molecular weight excluding hydrogens is 347 g/mol. The van der Waals surface area contributed by atoms with Crippen LogP contribution in [0.5, 0.6) is 0 Å². The summed E-state index contributed by atoms with van der Waals surface area (Å²) >= 11 is 0. The Labute approximate surface area is 157 Å². The molecule has 0 aliphatic carbocycles. The van der Waals surface area contributed by atoms with Gasteiger partial charge in [0.15, 0.2) is 5.69 Å². The Kier molecular flexibility index (Phi) is 4.92. The lowest BCUT2D eigenvalue weighted by Gasteiger charge is -2.25. The second-order valence-corrected chi connectivity index (χ2v) is 7.20. The highest BCUT2D eigenvalue weighted by Gasteiger charge is 2.28. The molecule has 0 radical (unpaired) electrons. The standard InChI is InChI=1S/C20H23FN4O2/c21-16-7-5-15(6-8-16)14-24-11-4-12-25-18(20(24)27)13-17(22-25)19(26)23-9-2-1-3-10-23/h5-8,13H,1-4,9-12,14H2. The predicted molar refractivity (Wildman–Crippen MR) is 97.7 cm³/mol. The summed E-state index contributed by atoms with van der Waals surface area (Å²) in [7, 11) is 0. The van der Waals surface area contributed by atoms with Crippen molar-refractivity contribution >= 4 is 11.8 Å². The van der Waals surface area contributed by atoms with Crippen molar-refractivity contribution in [3.8, 4) is 0 Å². The van der Waals surface area contributed by atoms with Gasteiger partial charge in [-0.1, -0.05) is 12.1 Å². The van der Waals surface area contributed by atoms with Crippen molar-refractivity contribution in [3.63, 3.8) is 0 Å². The smallest absolute Gasteiger partial charge is 0.274 e. The molecule has 6 nitrogen and oxygen atoms in total. The number of aryl methyl sites for hydroxylation is 1. The van der Waals surface area contributed by atoms with Gasteiger partial charge in [-0.3, -0.25) is 14.3 Å². The summed E-state index contributed by atoms with van der Waals surface area (Å²) in [4.78, 5) is 29.3. The van der Waals surface area contributed by atoms with Crippen molar-refractivity contribution in [2.24, 2.45) is 0 Å². The van der Waals surface area contributed by atoms with E-state index in [0.717, 1.165) is 44.3 Å². The van der Waals surface area contributed by atoms with Crippen LogP contribution in [-0.2, 0) is 13.1 Å². The monoisotopic (exact) mass is 370 g/mol. The Morgan fingerprint density at radius 2 is 1.74 bits per heavy atom. The van der Waals surface area contributed by atoms with E-state index in [4.69, 9.17) is 0 Å². The van der Waals surface area contributed by atoms with Gasteiger partial charge < -0.3 is 9.80 Å². The third kappa shape index (κ3) is 3.72. The van der Waals surface area contributed by atoms with E-state index >= 15 is 0 Å². The first-order valence-corrected chi connectivity index (χ1v) is 9.53. The summed E-state index contributed by atoms with van der Waals surface area (Å²) in [5.74, 6) is -0.518. The van der Waals surface area contributed by atoms with Crippen molar-refractivity contribution in [1.82, 2.24) is 19.6 Å². The minimum atomic E-state index is -0.292. The number of aromatic nitrogens is 2. The maximum Gasteiger partial charge on any atom is 0.274 e. The minimum Gasteiger partial charge on any atom is -0.337 e. The molecule has 1 fully saturated rings. The fourth-order valence-electron chi connectivity index (χ4n) is 3.76. The third-order valence-electron chi connectivity index (χ3n) is 5.23. The number of likely N-dealkylation sites (tertiary alicyclic amines) is 1. The normalized spacial score (nSPS) is 17.6. The molecule has 7 heteroatoms. The van der Waals surface area contributed by atoms with Crippen LogP contribution in [0.1, 0.15) is 52.2 Å². The molecule has 3 heterocycles. The molecule has 1 aromatic carbocycles. The highest BCUT2D eigenvalue weighted by atomic mass is 19.1. The number of rotatable bonds is 3. The topological polar surface area (TPSA) is 58.4 Å². The van der Waals surface area contributed by atoms with E-state index in [-0.39, 0.29) is 17.6 Å². The number of carbonyl (C=O) groups is 2. The van der Waals surface area contributed by atoms with E-state index in [1.165, 1.54) is 12.1 Å². The van der Waals surface area contributed by atoms with Crippen LogP contribution in [0, 0.1) is 5.82 Å². The lowest BCUT2D eigenvalue weighted by molar-refractivity contribution is 0.0717. The van der Waals surface area contributed by atoms with Crippen molar-refractivity contribution in [1.29, 1.82) is 0 Å². The van der Waals surface area contributed by atoms with Gasteiger partial charge in [0.1, 0.15) is 11.5 Å². The Hall–Kier alpha value is -2.70. The Bertz CT molecular complexity index is 840. The van der Waals surface area contributed by atoms with Gasteiger partial charge in [-0.05, 0) is 43.4 Å². The lowest BCUT2D eigenvalue weighted by Crippen LogP contribution is -2.36. The number of halogens is 1. The van der Waals surface area contributed by atoms with Crippen LogP contribution < -0.4 is 0 Å². The maximum atomic E-state index is 13.1. The number of amides is 2. The van der Waals surface area contributed by atoms with E-state index in [0.29, 0.717) is 31.0 Å². The zero-order chi connectivity index (χ0) is 18.8. The molecule has 2 aliphatic rings. The number of hydrogen-bond acceptors (Lipinski definition) is 3. The zero-order valence-corrected chi connectivity index (χ0v) is 15.2. The first-order chi connectivity index (χ1) is 13.1. The van der Waals surface area contributed by atoms with Crippen LogP contribution in [0.25, 0.3) is 0 Å². The van der Waals surface area contributed by atoms with Crippen LogP contribution in [0.3, 0.4) is 0 Å². The van der Waals surface area contributed by atoms with Gasteiger partial charge >= 0.3 is 0 Å². The van der Waals surface area contributed by atoms with Crippen LogP contribution in [-0.4, -0.2) is 51.0 Å². The summed E-state index contributed by atoms with van der Waals surface area (Å²) in [5, 5.41) is 4.42. The molecule has 1 saturated heterocycles. The summed E-state index contributed by atoms with van der Waals surface area (Å²) in [6.07, 6.45) is 3.95. The fraction of sp³-hybridized carbons (Fsp3) is 0.450. The number of benzene rings is 1. The number of hydrogen-bond donors (Lipinski definition) is 0. The molecule has 0 spiro atoms. The molecule has 0 unspecified atom stereocenters. The Morgan fingerprint density at radius 3 is 2.48 bits per heavy atom. The first-order valence-electron chi connectivity index (χ1n) is 9.53. The Morgan fingerprint density at radius 1 is 1.00 bits per heavy atom. The molecule has 2 amide bonds. The molecule has 27 heavy (non-hydrogen) atoms. The van der Waals surface area contributed by atoms with Crippen molar-refractivity contribution in [3.05, 3.63) is 53.1 Å². The molecule has 142 valence electrons. The average molecular weight is 370 g/mol. The summed E-state index contributed by atoms with van der Waals surface area (Å²) in [6, 6.07) is 7.81. The molecule has 0 N–H and O–H groups in total. The van der Waals surface area contributed by atoms with Gasteiger partial charge in [-0.15, -0.1) is 0 Å². The van der Waals surface area contributed by atoms with Gasteiger partial charge in [0.2, 0.25) is 0 Å². The highest BCUT2D eigenvalue weighted by Crippen LogP contribution is 2.19. The molecular formula is C20H23FN4O2. The number of nitrogens with zero attached hydrogens (tertiary/aromatic N) is 4. The van der Waals surface area contributed by atoms with Gasteiger partial charge in [0, 0.05) is 38.8 Å². The van der Waals surface area contributed by atoms with Gasteiger partial charge in [-0.2, -0.15) is 5.10 Å². The minimum absolute atomic E-state index is 0.0897. The molecule has 2 aromatic rings. The summed E-state index contributed by atoms with van der Waals surface area (Å²) < 4.78 is 14.8. The van der Waals surface area contributed by atoms with Gasteiger partial charge in [0.05, 0.1) is 0 Å². The lowest BCUT2D eigenvalue weighted by atomic mass is 10.1. The average Bonchev–Trinajstić information content (AvgIpc) is 3.06. The predicted octanol–water partition coefficient (Wildman–Crippen LogP) is 2.69. The van der Waals surface area contributed by atoms with Crippen LogP contribution >= 0.6 is 0 Å². The quantitative estimate of drug-likeness (QED) is 0.835. The SMILES string of the molecule is O=C(c1cc2n(n1)CCCN(Cc1ccc(F)cc1)C2=O)N1CCCCC1. The second-order valence-electron chi connectivity index (χ2n) is 7.20. The molecule has 2 aliphatic heterocycles. The van der Waals surface area contributed by atoms with E-state index in [1.807, 2.05) is 4.90 Å². The molecule has 4 rings (SSSR count). The van der Waals surface area contributed by atoms with Gasteiger partial charge in [0.25, 0.3) is 11.8 Å². The zero-order valence-electron chi connectivity index (χ0n) is 15.2. The molecule has 0 saturated carbocycles. The molecule has 0 bridgehead atoms. The second kappa shape index (κ2) is 7.50. The highest BCUT2D eigenvalue weighted by molar-refractivity contribution is 5.98. The summed E-state index contributed by atoms with van der Waals surface area (Å²) in [5.41, 5.74) is 1.68. The molecule has 0 atom stereocenters. The van der Waals surface area contributed by atoms with Crippen LogP contribution in [0.2, 0.25) is 0 Å². The maximum absolute atomic E-state index is 13.1. The van der Waals surface area contributed by atoms with Crippen LogP contribution in [0.4, 0.5) is 4.39 Å². The Balaban J connectivity index is 1.53. The van der Waals surface area contributed by atoms with E-state index in [1.54, 1.807) is 27.8 Å². The summed E-state index contributed by atoms with van der Waals surface area (Å²) in [6.45, 7) is 3.14. The van der Waals surface area contributed by atoms with E-state index in [9.17, 15) is 14.0 Å². The van der Waals surface area contributed by atoms with Gasteiger partial charge in [-0.25, -0.2) is 4.39 Å². The van der Waals surface area contributed by atoms with Crippen molar-refractivity contribution in [2.45, 2.75) is 38.8 Å². The van der Waals surface area contributed by atoms with Crippen LogP contribution in [0.15, 0.2) is 30.3 Å². The fourth-order valence-corrected chi connectivity index (χ4v) is 3.76. The van der Waals surface area contributed by atoms with Crippen molar-refractivity contribution in [2.75, 3.05) is 19.6 Å².